The van der Waals surface area contributed by atoms with Crippen molar-refractivity contribution >= 4 is 17.5 Å². The maximum absolute atomic E-state index is 12.3. The van der Waals surface area contributed by atoms with Gasteiger partial charge in [0.2, 0.25) is 0 Å². The van der Waals surface area contributed by atoms with Gasteiger partial charge in [0, 0.05) is 23.6 Å². The highest BCUT2D eigenvalue weighted by atomic mass is 16.2. The Morgan fingerprint density at radius 2 is 1.64 bits per heavy atom. The smallest absolute Gasteiger partial charge is 0.274 e. The van der Waals surface area contributed by atoms with Gasteiger partial charge in [0.1, 0.15) is 5.69 Å². The third-order valence-electron chi connectivity index (χ3n) is 3.44. The third-order valence-corrected chi connectivity index (χ3v) is 3.44. The molecule has 3 aromatic rings. The van der Waals surface area contributed by atoms with Crippen molar-refractivity contribution in [1.82, 2.24) is 15.3 Å². The SMILES string of the molecule is O=C(NCc1ccccn1)c1ccnc(C(=O)Nc2ccccc2)c1. The van der Waals surface area contributed by atoms with Gasteiger partial charge in [-0.15, -0.1) is 0 Å². The van der Waals surface area contributed by atoms with E-state index in [1.807, 2.05) is 36.4 Å². The number of nitrogens with one attached hydrogen (secondary N) is 2. The summed E-state index contributed by atoms with van der Waals surface area (Å²) in [6, 6.07) is 17.6. The maximum atomic E-state index is 12.3. The highest BCUT2D eigenvalue weighted by Crippen LogP contribution is 2.09. The molecule has 0 fully saturated rings. The monoisotopic (exact) mass is 332 g/mol. The summed E-state index contributed by atoms with van der Waals surface area (Å²) in [7, 11) is 0. The largest absolute Gasteiger partial charge is 0.346 e. The second-order valence-corrected chi connectivity index (χ2v) is 5.25. The van der Waals surface area contributed by atoms with E-state index in [0.717, 1.165) is 5.69 Å². The second kappa shape index (κ2) is 7.83. The van der Waals surface area contributed by atoms with Crippen molar-refractivity contribution in [2.45, 2.75) is 6.54 Å². The first-order valence-corrected chi connectivity index (χ1v) is 7.73. The van der Waals surface area contributed by atoms with Crippen molar-refractivity contribution < 1.29 is 9.59 Å². The zero-order chi connectivity index (χ0) is 17.5. The number of para-hydroxylation sites is 1. The summed E-state index contributed by atoms with van der Waals surface area (Å²) >= 11 is 0. The third kappa shape index (κ3) is 4.48. The van der Waals surface area contributed by atoms with Gasteiger partial charge < -0.3 is 10.6 Å². The Morgan fingerprint density at radius 3 is 2.40 bits per heavy atom. The molecule has 2 N–H and O–H groups in total. The summed E-state index contributed by atoms with van der Waals surface area (Å²) < 4.78 is 0. The minimum Gasteiger partial charge on any atom is -0.346 e. The first-order valence-electron chi connectivity index (χ1n) is 7.73. The standard InChI is InChI=1S/C19H16N4O2/c24-18(22-13-16-8-4-5-10-20-16)14-9-11-21-17(12-14)19(25)23-15-6-2-1-3-7-15/h1-12H,13H2,(H,22,24)(H,23,25). The van der Waals surface area contributed by atoms with Crippen LogP contribution in [0.4, 0.5) is 5.69 Å². The molecule has 25 heavy (non-hydrogen) atoms. The van der Waals surface area contributed by atoms with Gasteiger partial charge in [0.25, 0.3) is 11.8 Å². The van der Waals surface area contributed by atoms with Crippen LogP contribution in [-0.2, 0) is 6.54 Å². The number of carbonyl (C=O) groups excluding carboxylic acids is 2. The van der Waals surface area contributed by atoms with Gasteiger partial charge in [-0.05, 0) is 36.4 Å². The van der Waals surface area contributed by atoms with Crippen molar-refractivity contribution in [3.05, 3.63) is 90.0 Å². The average Bonchev–Trinajstić information content (AvgIpc) is 2.68. The normalized spacial score (nSPS) is 10.1. The fourth-order valence-corrected chi connectivity index (χ4v) is 2.19. The number of pyridine rings is 2. The Balaban J connectivity index is 1.66. The lowest BCUT2D eigenvalue weighted by atomic mass is 10.2. The number of carbonyl (C=O) groups is 2. The molecule has 6 heteroatoms. The van der Waals surface area contributed by atoms with Crippen LogP contribution in [0.3, 0.4) is 0 Å². The maximum Gasteiger partial charge on any atom is 0.274 e. The molecule has 0 saturated carbocycles. The molecule has 0 aliphatic heterocycles. The summed E-state index contributed by atoms with van der Waals surface area (Å²) in [6.07, 6.45) is 3.11. The summed E-state index contributed by atoms with van der Waals surface area (Å²) in [5.74, 6) is -0.660. The van der Waals surface area contributed by atoms with E-state index < -0.39 is 0 Å². The van der Waals surface area contributed by atoms with Crippen LogP contribution in [0.15, 0.2) is 73.1 Å². The Hall–Kier alpha value is -3.54. The molecule has 6 nitrogen and oxygen atoms in total. The van der Waals surface area contributed by atoms with Crippen molar-refractivity contribution in [3.63, 3.8) is 0 Å². The van der Waals surface area contributed by atoms with Crippen LogP contribution in [0, 0.1) is 0 Å². The molecule has 124 valence electrons. The lowest BCUT2D eigenvalue weighted by Gasteiger charge is -2.07. The summed E-state index contributed by atoms with van der Waals surface area (Å²) in [5, 5.41) is 5.51. The molecular formula is C19H16N4O2. The first-order chi connectivity index (χ1) is 12.2. The Kier molecular flexibility index (Phi) is 5.11. The molecule has 2 amide bonds. The van der Waals surface area contributed by atoms with Gasteiger partial charge in [0.15, 0.2) is 0 Å². The Morgan fingerprint density at radius 1 is 0.840 bits per heavy atom. The van der Waals surface area contributed by atoms with E-state index in [1.54, 1.807) is 24.4 Å². The number of hydrogen-bond donors (Lipinski definition) is 2. The van der Waals surface area contributed by atoms with E-state index in [4.69, 9.17) is 0 Å². The van der Waals surface area contributed by atoms with Crippen molar-refractivity contribution in [1.29, 1.82) is 0 Å². The van der Waals surface area contributed by atoms with Gasteiger partial charge in [-0.25, -0.2) is 0 Å². The lowest BCUT2D eigenvalue weighted by Crippen LogP contribution is -2.24. The van der Waals surface area contributed by atoms with E-state index in [-0.39, 0.29) is 17.5 Å². The van der Waals surface area contributed by atoms with Gasteiger partial charge in [0.05, 0.1) is 12.2 Å². The molecule has 1 aromatic carbocycles. The predicted octanol–water partition coefficient (Wildman–Crippen LogP) is 2.66. The molecule has 0 bridgehead atoms. The summed E-state index contributed by atoms with van der Waals surface area (Å²) in [6.45, 7) is 0.313. The molecule has 2 aromatic heterocycles. The summed E-state index contributed by atoms with van der Waals surface area (Å²) in [5.41, 5.74) is 1.96. The fraction of sp³-hybridized carbons (Fsp3) is 0.0526. The number of nitrogens with zero attached hydrogens (tertiary/aromatic N) is 2. The highest BCUT2D eigenvalue weighted by Gasteiger charge is 2.12. The van der Waals surface area contributed by atoms with Crippen LogP contribution in [0.25, 0.3) is 0 Å². The second-order valence-electron chi connectivity index (χ2n) is 5.25. The molecule has 0 spiro atoms. The molecule has 0 unspecified atom stereocenters. The first kappa shape index (κ1) is 16.3. The fourth-order valence-electron chi connectivity index (χ4n) is 2.19. The molecular weight excluding hydrogens is 316 g/mol. The minimum absolute atomic E-state index is 0.175. The van der Waals surface area contributed by atoms with Gasteiger partial charge in [-0.2, -0.15) is 0 Å². The zero-order valence-corrected chi connectivity index (χ0v) is 13.3. The van der Waals surface area contributed by atoms with Crippen LogP contribution >= 0.6 is 0 Å². The molecule has 0 aliphatic rings. The van der Waals surface area contributed by atoms with E-state index in [1.165, 1.54) is 12.3 Å². The van der Waals surface area contributed by atoms with Crippen LogP contribution in [-0.4, -0.2) is 21.8 Å². The van der Waals surface area contributed by atoms with Gasteiger partial charge in [-0.3, -0.25) is 19.6 Å². The van der Waals surface area contributed by atoms with Crippen molar-refractivity contribution in [2.75, 3.05) is 5.32 Å². The number of anilines is 1. The molecule has 0 aliphatic carbocycles. The highest BCUT2D eigenvalue weighted by molar-refractivity contribution is 6.04. The number of hydrogen-bond acceptors (Lipinski definition) is 4. The summed E-state index contributed by atoms with van der Waals surface area (Å²) in [4.78, 5) is 32.7. The molecule has 3 rings (SSSR count). The Bertz CT molecular complexity index is 867. The van der Waals surface area contributed by atoms with E-state index in [2.05, 4.69) is 20.6 Å². The predicted molar refractivity (Wildman–Crippen MR) is 94.0 cm³/mol. The lowest BCUT2D eigenvalue weighted by molar-refractivity contribution is 0.0950. The molecule has 0 radical (unpaired) electrons. The van der Waals surface area contributed by atoms with Gasteiger partial charge >= 0.3 is 0 Å². The quantitative estimate of drug-likeness (QED) is 0.752. The van der Waals surface area contributed by atoms with Gasteiger partial charge in [-0.1, -0.05) is 24.3 Å². The van der Waals surface area contributed by atoms with Crippen molar-refractivity contribution in [2.24, 2.45) is 0 Å². The topological polar surface area (TPSA) is 84.0 Å². The van der Waals surface area contributed by atoms with Crippen LogP contribution in [0.2, 0.25) is 0 Å². The van der Waals surface area contributed by atoms with Crippen LogP contribution < -0.4 is 10.6 Å². The Labute approximate surface area is 145 Å². The van der Waals surface area contributed by atoms with E-state index >= 15 is 0 Å². The van der Waals surface area contributed by atoms with Crippen LogP contribution in [0.5, 0.6) is 0 Å². The van der Waals surface area contributed by atoms with Crippen molar-refractivity contribution in [3.8, 4) is 0 Å². The number of rotatable bonds is 5. The molecule has 0 saturated heterocycles. The van der Waals surface area contributed by atoms with E-state index in [0.29, 0.717) is 17.8 Å². The number of benzene rings is 1. The van der Waals surface area contributed by atoms with Crippen LogP contribution in [0.1, 0.15) is 26.5 Å². The number of aromatic nitrogens is 2. The molecule has 2 heterocycles. The minimum atomic E-state index is -0.370. The average molecular weight is 332 g/mol. The number of amides is 2. The van der Waals surface area contributed by atoms with E-state index in [9.17, 15) is 9.59 Å². The zero-order valence-electron chi connectivity index (χ0n) is 13.3. The molecule has 0 atom stereocenters.